The Balaban J connectivity index is 2.30. The minimum absolute atomic E-state index is 0.00815. The van der Waals surface area contributed by atoms with Crippen molar-refractivity contribution >= 4 is 17.5 Å². The maximum atomic E-state index is 11.8. The van der Waals surface area contributed by atoms with Gasteiger partial charge in [0, 0.05) is 24.8 Å². The molecule has 0 spiro atoms. The Labute approximate surface area is 106 Å². The van der Waals surface area contributed by atoms with Gasteiger partial charge in [-0.1, -0.05) is 0 Å². The first-order chi connectivity index (χ1) is 8.43. The molecule has 1 aliphatic rings. The van der Waals surface area contributed by atoms with Gasteiger partial charge in [-0.2, -0.15) is 0 Å². The van der Waals surface area contributed by atoms with Gasteiger partial charge in [0.15, 0.2) is 5.78 Å². The summed E-state index contributed by atoms with van der Waals surface area (Å²) in [6.07, 6.45) is 1.56. The zero-order valence-electron chi connectivity index (χ0n) is 10.9. The van der Waals surface area contributed by atoms with Crippen LogP contribution < -0.4 is 10.2 Å². The third-order valence-corrected chi connectivity index (χ3v) is 3.28. The number of carbonyl (C=O) groups is 2. The SMILES string of the molecule is CC(=O)c1ccc(N2CCNC(=O)C2(C)C)nc1. The summed E-state index contributed by atoms with van der Waals surface area (Å²) in [6, 6.07) is 3.53. The van der Waals surface area contributed by atoms with E-state index in [1.165, 1.54) is 6.92 Å². The molecule has 18 heavy (non-hydrogen) atoms. The molecule has 0 aromatic carbocycles. The summed E-state index contributed by atoms with van der Waals surface area (Å²) < 4.78 is 0. The number of amides is 1. The molecule has 1 N–H and O–H groups in total. The molecule has 0 unspecified atom stereocenters. The predicted octanol–water partition coefficient (Wildman–Crippen LogP) is 0.999. The number of pyridine rings is 1. The van der Waals surface area contributed by atoms with Crippen LogP contribution in [0.1, 0.15) is 31.1 Å². The van der Waals surface area contributed by atoms with Crippen LogP contribution in [0.5, 0.6) is 0 Å². The second-order valence-corrected chi connectivity index (χ2v) is 4.93. The second kappa shape index (κ2) is 4.40. The van der Waals surface area contributed by atoms with Gasteiger partial charge in [0.2, 0.25) is 5.91 Å². The second-order valence-electron chi connectivity index (χ2n) is 4.93. The maximum absolute atomic E-state index is 11.8. The van der Waals surface area contributed by atoms with E-state index in [0.29, 0.717) is 18.7 Å². The third-order valence-electron chi connectivity index (χ3n) is 3.28. The fourth-order valence-corrected chi connectivity index (χ4v) is 2.05. The Bertz CT molecular complexity index is 480. The smallest absolute Gasteiger partial charge is 0.245 e. The Morgan fingerprint density at radius 3 is 2.72 bits per heavy atom. The van der Waals surface area contributed by atoms with E-state index >= 15 is 0 Å². The Kier molecular flexibility index (Phi) is 3.07. The largest absolute Gasteiger partial charge is 0.352 e. The van der Waals surface area contributed by atoms with Crippen molar-refractivity contribution in [3.63, 3.8) is 0 Å². The summed E-state index contributed by atoms with van der Waals surface area (Å²) in [5.74, 6) is 0.704. The van der Waals surface area contributed by atoms with Crippen LogP contribution in [0, 0.1) is 0 Å². The van der Waals surface area contributed by atoms with E-state index < -0.39 is 5.54 Å². The lowest BCUT2D eigenvalue weighted by Crippen LogP contribution is -2.62. The van der Waals surface area contributed by atoms with Gasteiger partial charge in [-0.25, -0.2) is 4.98 Å². The maximum Gasteiger partial charge on any atom is 0.245 e. The minimum atomic E-state index is -0.622. The number of ketones is 1. The fraction of sp³-hybridized carbons (Fsp3) is 0.462. The van der Waals surface area contributed by atoms with Crippen molar-refractivity contribution < 1.29 is 9.59 Å². The molecule has 96 valence electrons. The van der Waals surface area contributed by atoms with Crippen LogP contribution in [-0.4, -0.2) is 35.3 Å². The molecule has 1 amide bonds. The predicted molar refractivity (Wildman–Crippen MR) is 68.7 cm³/mol. The van der Waals surface area contributed by atoms with E-state index in [2.05, 4.69) is 10.3 Å². The number of carbonyl (C=O) groups excluding carboxylic acids is 2. The monoisotopic (exact) mass is 247 g/mol. The number of rotatable bonds is 2. The first-order valence-corrected chi connectivity index (χ1v) is 5.96. The average molecular weight is 247 g/mol. The normalized spacial score (nSPS) is 18.4. The number of piperazine rings is 1. The summed E-state index contributed by atoms with van der Waals surface area (Å²) in [4.78, 5) is 29.3. The number of nitrogens with zero attached hydrogens (tertiary/aromatic N) is 2. The first kappa shape index (κ1) is 12.5. The molecule has 1 fully saturated rings. The van der Waals surface area contributed by atoms with Crippen molar-refractivity contribution in [2.75, 3.05) is 18.0 Å². The number of hydrogen-bond donors (Lipinski definition) is 1. The van der Waals surface area contributed by atoms with Gasteiger partial charge in [-0.05, 0) is 32.9 Å². The van der Waals surface area contributed by atoms with Crippen molar-refractivity contribution in [2.24, 2.45) is 0 Å². The Hall–Kier alpha value is -1.91. The number of hydrogen-bond acceptors (Lipinski definition) is 4. The quantitative estimate of drug-likeness (QED) is 0.792. The topological polar surface area (TPSA) is 62.3 Å². The summed E-state index contributed by atoms with van der Waals surface area (Å²) in [7, 11) is 0. The van der Waals surface area contributed by atoms with Crippen LogP contribution >= 0.6 is 0 Å². The molecule has 1 saturated heterocycles. The highest BCUT2D eigenvalue weighted by molar-refractivity contribution is 5.94. The van der Waals surface area contributed by atoms with Crippen LogP contribution in [0.25, 0.3) is 0 Å². The molecule has 5 nitrogen and oxygen atoms in total. The number of aromatic nitrogens is 1. The number of nitrogens with one attached hydrogen (secondary N) is 1. The lowest BCUT2D eigenvalue weighted by atomic mass is 9.99. The molecule has 0 aliphatic carbocycles. The number of anilines is 1. The zero-order valence-corrected chi connectivity index (χ0v) is 10.9. The Morgan fingerprint density at radius 1 is 1.44 bits per heavy atom. The van der Waals surface area contributed by atoms with Gasteiger partial charge in [0.05, 0.1) is 0 Å². The molecule has 0 atom stereocenters. The van der Waals surface area contributed by atoms with E-state index in [0.717, 1.165) is 5.82 Å². The van der Waals surface area contributed by atoms with Crippen molar-refractivity contribution in [1.82, 2.24) is 10.3 Å². The van der Waals surface area contributed by atoms with Gasteiger partial charge in [0.25, 0.3) is 0 Å². The van der Waals surface area contributed by atoms with Crippen LogP contribution in [-0.2, 0) is 4.79 Å². The zero-order chi connectivity index (χ0) is 13.3. The molecule has 1 aromatic heterocycles. The number of Topliss-reactive ketones (excluding diaryl/α,β-unsaturated/α-hetero) is 1. The summed E-state index contributed by atoms with van der Waals surface area (Å²) in [5.41, 5.74) is -0.0405. The van der Waals surface area contributed by atoms with Gasteiger partial charge < -0.3 is 10.2 Å². The lowest BCUT2D eigenvalue weighted by Gasteiger charge is -2.42. The first-order valence-electron chi connectivity index (χ1n) is 5.96. The molecule has 0 radical (unpaired) electrons. The highest BCUT2D eigenvalue weighted by atomic mass is 16.2. The van der Waals surface area contributed by atoms with Crippen molar-refractivity contribution in [3.8, 4) is 0 Å². The van der Waals surface area contributed by atoms with Gasteiger partial charge >= 0.3 is 0 Å². The van der Waals surface area contributed by atoms with Crippen LogP contribution in [0.4, 0.5) is 5.82 Å². The molecule has 1 aromatic rings. The van der Waals surface area contributed by atoms with Gasteiger partial charge in [-0.3, -0.25) is 9.59 Å². The van der Waals surface area contributed by atoms with Crippen molar-refractivity contribution in [3.05, 3.63) is 23.9 Å². The van der Waals surface area contributed by atoms with Gasteiger partial charge in [-0.15, -0.1) is 0 Å². The third kappa shape index (κ3) is 2.08. The van der Waals surface area contributed by atoms with E-state index in [9.17, 15) is 9.59 Å². The van der Waals surface area contributed by atoms with Crippen LogP contribution in [0.3, 0.4) is 0 Å². The molecule has 5 heteroatoms. The standard InChI is InChI=1S/C13H17N3O2/c1-9(17)10-4-5-11(15-8-10)16-7-6-14-12(18)13(16,2)3/h4-5,8H,6-7H2,1-3H3,(H,14,18). The summed E-state index contributed by atoms with van der Waals surface area (Å²) in [5, 5.41) is 2.84. The molecular formula is C13H17N3O2. The molecular weight excluding hydrogens is 230 g/mol. The van der Waals surface area contributed by atoms with E-state index in [4.69, 9.17) is 0 Å². The van der Waals surface area contributed by atoms with Crippen molar-refractivity contribution in [2.45, 2.75) is 26.3 Å². The van der Waals surface area contributed by atoms with E-state index in [1.54, 1.807) is 18.3 Å². The molecule has 2 rings (SSSR count). The van der Waals surface area contributed by atoms with Crippen LogP contribution in [0.15, 0.2) is 18.3 Å². The Morgan fingerprint density at radius 2 is 2.17 bits per heavy atom. The molecule has 0 saturated carbocycles. The highest BCUT2D eigenvalue weighted by Gasteiger charge is 2.38. The highest BCUT2D eigenvalue weighted by Crippen LogP contribution is 2.24. The molecule has 0 bridgehead atoms. The lowest BCUT2D eigenvalue weighted by molar-refractivity contribution is -0.126. The summed E-state index contributed by atoms with van der Waals surface area (Å²) in [6.45, 7) is 6.56. The van der Waals surface area contributed by atoms with E-state index in [1.807, 2.05) is 18.7 Å². The van der Waals surface area contributed by atoms with E-state index in [-0.39, 0.29) is 11.7 Å². The minimum Gasteiger partial charge on any atom is -0.352 e. The molecule has 1 aliphatic heterocycles. The fourth-order valence-electron chi connectivity index (χ4n) is 2.05. The summed E-state index contributed by atoms with van der Waals surface area (Å²) >= 11 is 0. The average Bonchev–Trinajstić information content (AvgIpc) is 2.33. The molecule has 2 heterocycles. The van der Waals surface area contributed by atoms with Gasteiger partial charge in [0.1, 0.15) is 11.4 Å². The van der Waals surface area contributed by atoms with Crippen LogP contribution in [0.2, 0.25) is 0 Å². The van der Waals surface area contributed by atoms with Crippen molar-refractivity contribution in [1.29, 1.82) is 0 Å².